The van der Waals surface area contributed by atoms with E-state index in [1.807, 2.05) is 0 Å². The standard InChI is InChI=1S/C26H24Cl2FN5O3S/c1-15-32-26(28)13-33(15)22-8-5-17(18-9-21(29)20(14-35)25(11-18)38(2,36)37)10-23(22)34(31)24(12-30)16-3-6-19(27)7-4-16/h3-13,35H,14,30-31H2,1-2H3/b24-12-. The van der Waals surface area contributed by atoms with Gasteiger partial charge in [0.15, 0.2) is 9.84 Å². The van der Waals surface area contributed by atoms with Crippen LogP contribution in [-0.2, 0) is 16.4 Å². The van der Waals surface area contributed by atoms with Crippen LogP contribution in [0.15, 0.2) is 71.9 Å². The van der Waals surface area contributed by atoms with E-state index in [1.165, 1.54) is 17.3 Å². The van der Waals surface area contributed by atoms with Crippen molar-refractivity contribution < 1.29 is 17.9 Å². The number of sulfone groups is 1. The van der Waals surface area contributed by atoms with Gasteiger partial charge in [-0.3, -0.25) is 5.01 Å². The van der Waals surface area contributed by atoms with Crippen LogP contribution in [0.25, 0.3) is 22.5 Å². The number of aromatic nitrogens is 2. The summed E-state index contributed by atoms with van der Waals surface area (Å²) >= 11 is 12.2. The fraction of sp³-hybridized carbons (Fsp3) is 0.115. The molecule has 5 N–H and O–H groups in total. The molecule has 8 nitrogen and oxygen atoms in total. The summed E-state index contributed by atoms with van der Waals surface area (Å²) in [5.74, 6) is 6.36. The van der Waals surface area contributed by atoms with Gasteiger partial charge in [0.25, 0.3) is 0 Å². The van der Waals surface area contributed by atoms with Crippen LogP contribution in [0.3, 0.4) is 0 Å². The summed E-state index contributed by atoms with van der Waals surface area (Å²) in [4.78, 5) is 3.95. The molecule has 0 unspecified atom stereocenters. The van der Waals surface area contributed by atoms with Crippen molar-refractivity contribution in [2.24, 2.45) is 11.6 Å². The Labute approximate surface area is 229 Å². The Balaban J connectivity index is 1.95. The number of imidazole rings is 1. The van der Waals surface area contributed by atoms with Crippen LogP contribution in [0.2, 0.25) is 10.2 Å². The average molecular weight is 576 g/mol. The van der Waals surface area contributed by atoms with E-state index in [1.54, 1.807) is 60.2 Å². The molecule has 0 aliphatic rings. The normalized spacial score (nSPS) is 12.1. The highest BCUT2D eigenvalue weighted by atomic mass is 35.5. The third kappa shape index (κ3) is 5.40. The van der Waals surface area contributed by atoms with Crippen LogP contribution < -0.4 is 16.6 Å². The van der Waals surface area contributed by atoms with Gasteiger partial charge in [0.05, 0.1) is 28.6 Å². The molecule has 0 bridgehead atoms. The van der Waals surface area contributed by atoms with Crippen LogP contribution in [0.1, 0.15) is 17.0 Å². The lowest BCUT2D eigenvalue weighted by molar-refractivity contribution is 0.272. The van der Waals surface area contributed by atoms with E-state index in [0.29, 0.717) is 39.0 Å². The summed E-state index contributed by atoms with van der Waals surface area (Å²) in [7, 11) is -3.83. The van der Waals surface area contributed by atoms with Gasteiger partial charge in [0.2, 0.25) is 0 Å². The number of nitrogens with two attached hydrogens (primary N) is 2. The molecule has 0 aliphatic carbocycles. The van der Waals surface area contributed by atoms with Crippen LogP contribution >= 0.6 is 23.2 Å². The first-order valence-corrected chi connectivity index (χ1v) is 13.8. The summed E-state index contributed by atoms with van der Waals surface area (Å²) < 4.78 is 41.3. The van der Waals surface area contributed by atoms with Crippen molar-refractivity contribution in [2.75, 3.05) is 11.3 Å². The van der Waals surface area contributed by atoms with Crippen LogP contribution in [-0.4, -0.2) is 29.3 Å². The molecule has 0 spiro atoms. The molecule has 198 valence electrons. The minimum atomic E-state index is -3.83. The maximum absolute atomic E-state index is 14.9. The molecular formula is C26H24Cl2FN5O3S. The van der Waals surface area contributed by atoms with Gasteiger partial charge in [0, 0.05) is 34.8 Å². The number of rotatable bonds is 7. The Morgan fingerprint density at radius 3 is 2.37 bits per heavy atom. The van der Waals surface area contributed by atoms with Crippen LogP contribution in [0.4, 0.5) is 10.1 Å². The molecule has 4 aromatic rings. The van der Waals surface area contributed by atoms with Gasteiger partial charge in [-0.05, 0) is 54.4 Å². The van der Waals surface area contributed by atoms with Crippen molar-refractivity contribution in [3.05, 3.63) is 99.9 Å². The number of hydrazine groups is 1. The van der Waals surface area contributed by atoms with Crippen molar-refractivity contribution in [3.63, 3.8) is 0 Å². The van der Waals surface area contributed by atoms with Gasteiger partial charge in [0.1, 0.15) is 16.8 Å². The van der Waals surface area contributed by atoms with Gasteiger partial charge in [-0.1, -0.05) is 41.4 Å². The second-order valence-electron chi connectivity index (χ2n) is 8.48. The van der Waals surface area contributed by atoms with Crippen molar-refractivity contribution in [2.45, 2.75) is 18.4 Å². The highest BCUT2D eigenvalue weighted by Crippen LogP contribution is 2.36. The summed E-state index contributed by atoms with van der Waals surface area (Å²) in [5, 5.41) is 11.7. The number of aliphatic hydroxyl groups is 1. The first-order valence-electron chi connectivity index (χ1n) is 11.2. The molecular weight excluding hydrogens is 552 g/mol. The van der Waals surface area contributed by atoms with E-state index < -0.39 is 22.3 Å². The second kappa shape index (κ2) is 10.8. The Morgan fingerprint density at radius 2 is 1.82 bits per heavy atom. The van der Waals surface area contributed by atoms with E-state index >= 15 is 0 Å². The topological polar surface area (TPSA) is 127 Å². The number of aliphatic hydroxyl groups excluding tert-OH is 1. The van der Waals surface area contributed by atoms with Gasteiger partial charge in [-0.2, -0.15) is 0 Å². The fourth-order valence-electron chi connectivity index (χ4n) is 4.11. The van der Waals surface area contributed by atoms with Crippen LogP contribution in [0.5, 0.6) is 0 Å². The van der Waals surface area contributed by atoms with E-state index in [-0.39, 0.29) is 21.2 Å². The number of hydrogen-bond donors (Lipinski definition) is 3. The Morgan fingerprint density at radius 1 is 1.13 bits per heavy atom. The number of halogens is 3. The largest absolute Gasteiger partial charge is 0.403 e. The number of aryl methyl sites for hydroxylation is 1. The summed E-state index contributed by atoms with van der Waals surface area (Å²) in [5.41, 5.74) is 8.53. The van der Waals surface area contributed by atoms with E-state index in [9.17, 15) is 17.9 Å². The number of hydrogen-bond acceptors (Lipinski definition) is 7. The lowest BCUT2D eigenvalue weighted by Crippen LogP contribution is -2.31. The smallest absolute Gasteiger partial charge is 0.176 e. The first kappa shape index (κ1) is 27.6. The molecule has 0 saturated carbocycles. The predicted octanol–water partition coefficient (Wildman–Crippen LogP) is 4.83. The monoisotopic (exact) mass is 575 g/mol. The molecule has 0 aliphatic heterocycles. The van der Waals surface area contributed by atoms with Gasteiger partial charge in [-0.15, -0.1) is 0 Å². The van der Waals surface area contributed by atoms with E-state index in [4.69, 9.17) is 34.8 Å². The van der Waals surface area contributed by atoms with Crippen molar-refractivity contribution >= 4 is 44.4 Å². The zero-order chi connectivity index (χ0) is 27.8. The predicted molar refractivity (Wildman–Crippen MR) is 148 cm³/mol. The molecule has 0 saturated heterocycles. The molecule has 0 fully saturated rings. The zero-order valence-corrected chi connectivity index (χ0v) is 22.7. The number of anilines is 1. The highest BCUT2D eigenvalue weighted by molar-refractivity contribution is 7.90. The average Bonchev–Trinajstić information content (AvgIpc) is 3.21. The molecule has 4 rings (SSSR count). The van der Waals surface area contributed by atoms with E-state index in [2.05, 4.69) is 4.98 Å². The van der Waals surface area contributed by atoms with Crippen molar-refractivity contribution in [1.29, 1.82) is 0 Å². The molecule has 38 heavy (non-hydrogen) atoms. The molecule has 1 aromatic heterocycles. The molecule has 3 aromatic carbocycles. The Kier molecular flexibility index (Phi) is 7.82. The third-order valence-corrected chi connectivity index (χ3v) is 7.55. The first-order chi connectivity index (χ1) is 17.9. The zero-order valence-electron chi connectivity index (χ0n) is 20.4. The van der Waals surface area contributed by atoms with Crippen molar-refractivity contribution in [1.82, 2.24) is 9.55 Å². The molecule has 12 heteroatoms. The summed E-state index contributed by atoms with van der Waals surface area (Å²) in [6, 6.07) is 14.5. The van der Waals surface area contributed by atoms with Gasteiger partial charge >= 0.3 is 0 Å². The molecule has 1 heterocycles. The molecule has 0 amide bonds. The lowest BCUT2D eigenvalue weighted by Gasteiger charge is -2.26. The fourth-order valence-corrected chi connectivity index (χ4v) is 5.41. The highest BCUT2D eigenvalue weighted by Gasteiger charge is 2.22. The van der Waals surface area contributed by atoms with Gasteiger partial charge in [-0.25, -0.2) is 23.6 Å². The third-order valence-electron chi connectivity index (χ3n) is 5.95. The molecule has 0 radical (unpaired) electrons. The SMILES string of the molecule is Cc1nc(Cl)cn1-c1ccc(-c2cc(F)c(CO)c(S(C)(=O)=O)c2)cc1N(N)/C(=C\N)c1ccc(Cl)cc1. The quantitative estimate of drug-likeness (QED) is 0.213. The molecule has 0 atom stereocenters. The second-order valence-corrected chi connectivity index (χ2v) is 11.3. The number of nitrogens with zero attached hydrogens (tertiary/aromatic N) is 3. The summed E-state index contributed by atoms with van der Waals surface area (Å²) in [6.45, 7) is 1.01. The van der Waals surface area contributed by atoms with Crippen molar-refractivity contribution in [3.8, 4) is 16.8 Å². The minimum absolute atomic E-state index is 0.270. The number of benzene rings is 3. The maximum Gasteiger partial charge on any atom is 0.176 e. The minimum Gasteiger partial charge on any atom is -0.403 e. The lowest BCUT2D eigenvalue weighted by atomic mass is 10.0. The maximum atomic E-state index is 14.9. The Hall–Kier alpha value is -3.41. The Bertz CT molecular complexity index is 1650. The summed E-state index contributed by atoms with van der Waals surface area (Å²) in [6.07, 6.45) is 3.91. The van der Waals surface area contributed by atoms with Gasteiger partial charge < -0.3 is 15.4 Å². The van der Waals surface area contributed by atoms with Crippen LogP contribution in [0, 0.1) is 12.7 Å². The van der Waals surface area contributed by atoms with E-state index in [0.717, 1.165) is 12.3 Å².